The van der Waals surface area contributed by atoms with Gasteiger partial charge in [0.25, 0.3) is 0 Å². The zero-order chi connectivity index (χ0) is 21.1. The van der Waals surface area contributed by atoms with Crippen molar-refractivity contribution in [1.82, 2.24) is 0 Å². The van der Waals surface area contributed by atoms with Crippen LogP contribution in [-0.4, -0.2) is 48.8 Å². The van der Waals surface area contributed by atoms with Crippen molar-refractivity contribution in [1.29, 1.82) is 0 Å². The lowest BCUT2D eigenvalue weighted by Gasteiger charge is -2.32. The molecule has 0 aliphatic carbocycles. The van der Waals surface area contributed by atoms with Gasteiger partial charge < -0.3 is 19.5 Å². The molecule has 0 rings (SSSR count). The van der Waals surface area contributed by atoms with Crippen LogP contribution in [0.4, 0.5) is 0 Å². The molecule has 0 spiro atoms. The molecule has 0 aromatic heterocycles. The van der Waals surface area contributed by atoms with E-state index in [0.29, 0.717) is 0 Å². The Kier molecular flexibility index (Phi) is 18.0. The third kappa shape index (κ3) is 20.1. The first-order chi connectivity index (χ1) is 13.4. The highest BCUT2D eigenvalue weighted by molar-refractivity contribution is 5.63. The maximum absolute atomic E-state index is 10.4. The van der Waals surface area contributed by atoms with Crippen molar-refractivity contribution in [3.05, 3.63) is 0 Å². The van der Waals surface area contributed by atoms with Gasteiger partial charge in [-0.15, -0.1) is 0 Å². The van der Waals surface area contributed by atoms with Crippen LogP contribution in [0.1, 0.15) is 116 Å². The number of quaternary nitrogens is 1. The van der Waals surface area contributed by atoms with Crippen molar-refractivity contribution in [3.8, 4) is 0 Å². The number of carboxylic acids is 1. The van der Waals surface area contributed by atoms with E-state index in [0.717, 1.165) is 62.5 Å². The molecule has 0 saturated carbocycles. The Hall–Kier alpha value is -0.610. The Morgan fingerprint density at radius 1 is 0.786 bits per heavy atom. The molecule has 28 heavy (non-hydrogen) atoms. The molecule has 0 aromatic carbocycles. The number of aliphatic hydroxyl groups excluding tert-OH is 1. The van der Waals surface area contributed by atoms with Gasteiger partial charge >= 0.3 is 0 Å². The molecule has 1 atom stereocenters. The Morgan fingerprint density at radius 3 is 1.79 bits per heavy atom. The minimum absolute atomic E-state index is 0.187. The Morgan fingerprint density at radius 2 is 1.25 bits per heavy atom. The van der Waals surface area contributed by atoms with E-state index in [1.54, 1.807) is 0 Å². The zero-order valence-electron chi connectivity index (χ0n) is 19.2. The van der Waals surface area contributed by atoms with Gasteiger partial charge in [0.15, 0.2) is 0 Å². The van der Waals surface area contributed by atoms with Crippen molar-refractivity contribution in [2.24, 2.45) is 0 Å². The summed E-state index contributed by atoms with van der Waals surface area (Å²) in [4.78, 5) is 10.4. The normalized spacial score (nSPS) is 13.0. The molecule has 0 radical (unpaired) electrons. The molecule has 0 heterocycles. The molecule has 0 bridgehead atoms. The van der Waals surface area contributed by atoms with Gasteiger partial charge in [-0.05, 0) is 32.1 Å². The monoisotopic (exact) mass is 399 g/mol. The van der Waals surface area contributed by atoms with Gasteiger partial charge in [0.1, 0.15) is 12.6 Å². The average Bonchev–Trinajstić information content (AvgIpc) is 2.61. The maximum Gasteiger partial charge on any atom is 0.105 e. The van der Waals surface area contributed by atoms with Crippen molar-refractivity contribution in [2.75, 3.05) is 27.2 Å². The van der Waals surface area contributed by atoms with Gasteiger partial charge in [0, 0.05) is 5.97 Å². The van der Waals surface area contributed by atoms with Crippen LogP contribution >= 0.6 is 0 Å². The molecule has 168 valence electrons. The highest BCUT2D eigenvalue weighted by atomic mass is 16.4. The average molecular weight is 400 g/mol. The summed E-state index contributed by atoms with van der Waals surface area (Å²) in [6.45, 7) is 4.18. The van der Waals surface area contributed by atoms with Crippen molar-refractivity contribution >= 4 is 5.97 Å². The van der Waals surface area contributed by atoms with E-state index in [1.165, 1.54) is 57.8 Å². The molecule has 0 saturated heterocycles. The van der Waals surface area contributed by atoms with Gasteiger partial charge in [-0.25, -0.2) is 0 Å². The second-order valence-corrected chi connectivity index (χ2v) is 9.36. The number of aliphatic hydroxyl groups is 1. The second kappa shape index (κ2) is 18.4. The van der Waals surface area contributed by atoms with Crippen LogP contribution in [0.15, 0.2) is 0 Å². The van der Waals surface area contributed by atoms with E-state index in [1.807, 2.05) is 0 Å². The first-order valence-electron chi connectivity index (χ1n) is 12.1. The summed E-state index contributed by atoms with van der Waals surface area (Å²) < 4.78 is 0.873. The summed E-state index contributed by atoms with van der Waals surface area (Å²) >= 11 is 0. The summed E-state index contributed by atoms with van der Waals surface area (Å²) in [6, 6.07) is 0. The molecule has 0 fully saturated rings. The fraction of sp³-hybridized carbons (Fsp3) is 0.958. The van der Waals surface area contributed by atoms with Crippen LogP contribution in [-0.2, 0) is 4.79 Å². The van der Waals surface area contributed by atoms with Gasteiger partial charge in [0.05, 0.1) is 20.6 Å². The number of aliphatic carboxylic acids is 1. The SMILES string of the molecule is CCCCCCCCCCCCC(O)C[N+](C)(C)CCCCCCCC(=O)[O-]. The Labute approximate surface area is 175 Å². The van der Waals surface area contributed by atoms with Crippen molar-refractivity contribution in [3.63, 3.8) is 0 Å². The summed E-state index contributed by atoms with van der Waals surface area (Å²) in [5.41, 5.74) is 0. The Balaban J connectivity index is 3.52. The number of hydrogen-bond acceptors (Lipinski definition) is 3. The van der Waals surface area contributed by atoms with Crippen LogP contribution in [0.3, 0.4) is 0 Å². The standard InChI is InChI=1S/C24H49NO3/c1-4-5-6-7-8-9-10-11-13-16-19-23(26)22-25(2,3)21-18-15-12-14-17-20-24(27)28/h23,26H,4-22H2,1-3H3. The lowest BCUT2D eigenvalue weighted by Crippen LogP contribution is -2.45. The van der Waals surface area contributed by atoms with E-state index in [-0.39, 0.29) is 12.5 Å². The molecule has 4 nitrogen and oxygen atoms in total. The molecule has 0 aliphatic rings. The van der Waals surface area contributed by atoms with E-state index in [9.17, 15) is 15.0 Å². The molecule has 0 aromatic rings. The van der Waals surface area contributed by atoms with Crippen molar-refractivity contribution < 1.29 is 19.5 Å². The third-order valence-electron chi connectivity index (χ3n) is 5.74. The van der Waals surface area contributed by atoms with Crippen LogP contribution in [0.2, 0.25) is 0 Å². The van der Waals surface area contributed by atoms with Gasteiger partial charge in [-0.2, -0.15) is 0 Å². The zero-order valence-corrected chi connectivity index (χ0v) is 19.2. The fourth-order valence-corrected chi connectivity index (χ4v) is 3.96. The van der Waals surface area contributed by atoms with Crippen LogP contribution in [0.25, 0.3) is 0 Å². The van der Waals surface area contributed by atoms with E-state index in [2.05, 4.69) is 21.0 Å². The summed E-state index contributed by atoms with van der Waals surface area (Å²) in [5.74, 6) is -0.936. The van der Waals surface area contributed by atoms with Gasteiger partial charge in [-0.1, -0.05) is 84.0 Å². The van der Waals surface area contributed by atoms with Gasteiger partial charge in [0.2, 0.25) is 0 Å². The minimum atomic E-state index is -0.936. The first kappa shape index (κ1) is 27.4. The molecular formula is C24H49NO3. The molecule has 0 amide bonds. The Bertz CT molecular complexity index is 358. The van der Waals surface area contributed by atoms with Crippen LogP contribution < -0.4 is 5.11 Å². The van der Waals surface area contributed by atoms with Crippen molar-refractivity contribution in [2.45, 2.75) is 122 Å². The van der Waals surface area contributed by atoms with Crippen LogP contribution in [0, 0.1) is 0 Å². The lowest BCUT2D eigenvalue weighted by molar-refractivity contribution is -0.893. The number of hydrogen-bond donors (Lipinski definition) is 1. The molecule has 1 unspecified atom stereocenters. The second-order valence-electron chi connectivity index (χ2n) is 9.36. The number of carbonyl (C=O) groups excluding carboxylic acids is 1. The van der Waals surface area contributed by atoms with E-state index >= 15 is 0 Å². The third-order valence-corrected chi connectivity index (χ3v) is 5.74. The lowest BCUT2D eigenvalue weighted by atomic mass is 10.0. The predicted molar refractivity (Wildman–Crippen MR) is 117 cm³/mol. The highest BCUT2D eigenvalue weighted by Gasteiger charge is 2.19. The number of carboxylic acid groups (broad SMARTS) is 1. The number of nitrogens with zero attached hydrogens (tertiary/aromatic N) is 1. The molecule has 1 N–H and O–H groups in total. The number of rotatable bonds is 21. The number of likely N-dealkylation sites (N-methyl/N-ethyl adjacent to an activating group) is 1. The highest BCUT2D eigenvalue weighted by Crippen LogP contribution is 2.14. The fourth-order valence-electron chi connectivity index (χ4n) is 3.96. The maximum atomic E-state index is 10.4. The topological polar surface area (TPSA) is 60.4 Å². The largest absolute Gasteiger partial charge is 0.550 e. The smallest absolute Gasteiger partial charge is 0.105 e. The summed E-state index contributed by atoms with van der Waals surface area (Å²) in [6.07, 6.45) is 19.4. The van der Waals surface area contributed by atoms with Gasteiger partial charge in [-0.3, -0.25) is 0 Å². The van der Waals surface area contributed by atoms with Crippen LogP contribution in [0.5, 0.6) is 0 Å². The summed E-state index contributed by atoms with van der Waals surface area (Å²) in [5, 5.41) is 20.7. The predicted octanol–water partition coefficient (Wildman–Crippen LogP) is 4.83. The molecule has 4 heteroatoms. The molecule has 0 aliphatic heterocycles. The quantitative estimate of drug-likeness (QED) is 0.222. The number of unbranched alkanes of at least 4 members (excludes halogenated alkanes) is 13. The molecular weight excluding hydrogens is 350 g/mol. The summed E-state index contributed by atoms with van der Waals surface area (Å²) in [7, 11) is 4.41. The van der Waals surface area contributed by atoms with E-state index in [4.69, 9.17) is 0 Å². The first-order valence-corrected chi connectivity index (χ1v) is 12.1. The van der Waals surface area contributed by atoms with E-state index < -0.39 is 5.97 Å². The minimum Gasteiger partial charge on any atom is -0.550 e. The number of carbonyl (C=O) groups is 1.